The molecule has 0 unspecified atom stereocenters. The maximum absolute atomic E-state index is 15.7. The SMILES string of the molecule is Cn1cc2cccc(C(=O)N[C@H]3CC[C@](F)(CCN4CCc5ccc(OCC(F)(F)F)nc5CC4)CC3)c2n1. The van der Waals surface area contributed by atoms with Crippen LogP contribution >= 0.6 is 0 Å². The average molecular weight is 548 g/mol. The van der Waals surface area contributed by atoms with Crippen molar-refractivity contribution >= 4 is 16.8 Å². The van der Waals surface area contributed by atoms with E-state index in [4.69, 9.17) is 4.74 Å². The van der Waals surface area contributed by atoms with E-state index >= 15 is 4.39 Å². The van der Waals surface area contributed by atoms with Crippen molar-refractivity contribution in [3.63, 3.8) is 0 Å². The van der Waals surface area contributed by atoms with Crippen LogP contribution in [0.25, 0.3) is 10.9 Å². The number of alkyl halides is 4. The first-order valence-electron chi connectivity index (χ1n) is 13.4. The van der Waals surface area contributed by atoms with E-state index in [1.165, 1.54) is 6.07 Å². The monoisotopic (exact) mass is 547 g/mol. The molecular formula is C28H33F4N5O2. The zero-order valence-electron chi connectivity index (χ0n) is 21.9. The van der Waals surface area contributed by atoms with Gasteiger partial charge in [0.1, 0.15) is 11.2 Å². The molecule has 2 aromatic heterocycles. The normalized spacial score (nSPS) is 22.3. The number of benzene rings is 1. The summed E-state index contributed by atoms with van der Waals surface area (Å²) in [4.78, 5) is 19.4. The summed E-state index contributed by atoms with van der Waals surface area (Å²) in [5.74, 6) is -0.205. The summed E-state index contributed by atoms with van der Waals surface area (Å²) in [5.41, 5.74) is 1.64. The van der Waals surface area contributed by atoms with E-state index in [1.807, 2.05) is 25.4 Å². The van der Waals surface area contributed by atoms with Crippen molar-refractivity contribution in [1.29, 1.82) is 0 Å². The molecule has 1 aliphatic carbocycles. The van der Waals surface area contributed by atoms with E-state index in [1.54, 1.807) is 16.8 Å². The van der Waals surface area contributed by atoms with Gasteiger partial charge in [0.25, 0.3) is 5.91 Å². The Morgan fingerprint density at radius 2 is 1.92 bits per heavy atom. The predicted molar refractivity (Wildman–Crippen MR) is 139 cm³/mol. The Kier molecular flexibility index (Phi) is 7.80. The van der Waals surface area contributed by atoms with Gasteiger partial charge in [0, 0.05) is 62.5 Å². The lowest BCUT2D eigenvalue weighted by Crippen LogP contribution is -2.43. The molecular weight excluding hydrogens is 514 g/mol. The van der Waals surface area contributed by atoms with E-state index in [9.17, 15) is 18.0 Å². The van der Waals surface area contributed by atoms with Gasteiger partial charge in [0.2, 0.25) is 5.88 Å². The maximum Gasteiger partial charge on any atom is 0.422 e. The van der Waals surface area contributed by atoms with Crippen molar-refractivity contribution in [3.05, 3.63) is 53.3 Å². The highest BCUT2D eigenvalue weighted by atomic mass is 19.4. The molecule has 0 spiro atoms. The van der Waals surface area contributed by atoms with Crippen molar-refractivity contribution in [2.24, 2.45) is 7.05 Å². The molecule has 1 N–H and O–H groups in total. The Balaban J connectivity index is 1.09. The first kappa shape index (κ1) is 27.4. The number of ether oxygens (including phenoxy) is 1. The number of aromatic nitrogens is 3. The maximum atomic E-state index is 15.7. The van der Waals surface area contributed by atoms with E-state index < -0.39 is 18.5 Å². The van der Waals surface area contributed by atoms with Crippen LogP contribution in [-0.4, -0.2) is 69.7 Å². The van der Waals surface area contributed by atoms with Crippen LogP contribution in [0.4, 0.5) is 17.6 Å². The lowest BCUT2D eigenvalue weighted by Gasteiger charge is -2.35. The van der Waals surface area contributed by atoms with Gasteiger partial charge in [0.05, 0.1) is 5.56 Å². The van der Waals surface area contributed by atoms with Gasteiger partial charge >= 0.3 is 6.18 Å². The number of amides is 1. The topological polar surface area (TPSA) is 72.3 Å². The highest BCUT2D eigenvalue weighted by molar-refractivity contribution is 6.05. The van der Waals surface area contributed by atoms with Gasteiger partial charge in [-0.25, -0.2) is 9.37 Å². The van der Waals surface area contributed by atoms with Gasteiger partial charge < -0.3 is 15.0 Å². The molecule has 1 aromatic carbocycles. The Hall–Kier alpha value is -3.21. The van der Waals surface area contributed by atoms with Gasteiger partial charge in [-0.05, 0) is 50.2 Å². The van der Waals surface area contributed by atoms with Crippen LogP contribution in [0.15, 0.2) is 36.5 Å². The van der Waals surface area contributed by atoms with Crippen LogP contribution in [0.5, 0.6) is 5.88 Å². The van der Waals surface area contributed by atoms with Crippen LogP contribution in [-0.2, 0) is 19.9 Å². The Morgan fingerprint density at radius 3 is 2.69 bits per heavy atom. The molecule has 7 nitrogen and oxygen atoms in total. The number of pyridine rings is 1. The minimum Gasteiger partial charge on any atom is -0.468 e. The molecule has 1 fully saturated rings. The lowest BCUT2D eigenvalue weighted by atomic mass is 9.81. The molecule has 1 saturated carbocycles. The molecule has 1 amide bonds. The van der Waals surface area contributed by atoms with Gasteiger partial charge in [-0.15, -0.1) is 0 Å². The summed E-state index contributed by atoms with van der Waals surface area (Å²) in [6, 6.07) is 8.69. The number of fused-ring (bicyclic) bond motifs is 2. The molecule has 210 valence electrons. The number of rotatable bonds is 7. The van der Waals surface area contributed by atoms with Gasteiger partial charge in [-0.3, -0.25) is 9.48 Å². The molecule has 2 aliphatic rings. The second kappa shape index (κ2) is 11.1. The molecule has 3 aromatic rings. The van der Waals surface area contributed by atoms with Crippen LogP contribution in [0.2, 0.25) is 0 Å². The van der Waals surface area contributed by atoms with E-state index in [0.717, 1.165) is 23.2 Å². The van der Waals surface area contributed by atoms with Crippen LogP contribution in [0, 0.1) is 0 Å². The number of nitrogens with zero attached hydrogens (tertiary/aromatic N) is 4. The van der Waals surface area contributed by atoms with Gasteiger partial charge in [-0.1, -0.05) is 18.2 Å². The molecule has 5 rings (SSSR count). The molecule has 3 heterocycles. The van der Waals surface area contributed by atoms with Crippen molar-refractivity contribution in [3.8, 4) is 5.88 Å². The number of carbonyl (C=O) groups is 1. The quantitative estimate of drug-likeness (QED) is 0.431. The van der Waals surface area contributed by atoms with Crippen molar-refractivity contribution in [1.82, 2.24) is 25.0 Å². The Labute approximate surface area is 224 Å². The lowest BCUT2D eigenvalue weighted by molar-refractivity contribution is -0.154. The summed E-state index contributed by atoms with van der Waals surface area (Å²) < 4.78 is 59.5. The molecule has 39 heavy (non-hydrogen) atoms. The fourth-order valence-electron chi connectivity index (χ4n) is 5.57. The molecule has 0 bridgehead atoms. The Bertz CT molecular complexity index is 1320. The molecule has 11 heteroatoms. The largest absolute Gasteiger partial charge is 0.468 e. The summed E-state index contributed by atoms with van der Waals surface area (Å²) >= 11 is 0. The number of nitrogens with one attached hydrogen (secondary N) is 1. The highest BCUT2D eigenvalue weighted by Gasteiger charge is 2.36. The minimum absolute atomic E-state index is 0.0252. The van der Waals surface area contributed by atoms with Crippen LogP contribution < -0.4 is 10.1 Å². The third-order valence-corrected chi connectivity index (χ3v) is 7.78. The third kappa shape index (κ3) is 6.87. The number of hydrogen-bond donors (Lipinski definition) is 1. The molecule has 0 saturated heterocycles. The van der Waals surface area contributed by atoms with Crippen molar-refractivity contribution in [2.75, 3.05) is 26.2 Å². The summed E-state index contributed by atoms with van der Waals surface area (Å²) in [5, 5.41) is 8.38. The number of aryl methyl sites for hydroxylation is 1. The fourth-order valence-corrected chi connectivity index (χ4v) is 5.57. The molecule has 0 radical (unpaired) electrons. The van der Waals surface area contributed by atoms with Crippen molar-refractivity contribution in [2.45, 2.75) is 62.8 Å². The predicted octanol–water partition coefficient (Wildman–Crippen LogP) is 4.78. The summed E-state index contributed by atoms with van der Waals surface area (Å²) in [6.45, 7) is 0.636. The standard InChI is InChI=1S/C28H33F4N5O2/c1-36-17-20-3-2-4-22(25(20)35-36)26(38)33-21-7-11-27(29,12-8-21)13-16-37-14-9-19-5-6-24(34-23(19)10-15-37)39-18-28(30,31)32/h2-6,17,21H,7-16,18H2,1H3,(H,33,38)/t21-,27+. The Morgan fingerprint density at radius 1 is 1.15 bits per heavy atom. The van der Waals surface area contributed by atoms with E-state index in [-0.39, 0.29) is 17.8 Å². The zero-order chi connectivity index (χ0) is 27.6. The highest BCUT2D eigenvalue weighted by Crippen LogP contribution is 2.35. The third-order valence-electron chi connectivity index (χ3n) is 7.78. The van der Waals surface area contributed by atoms with Gasteiger partial charge in [0.15, 0.2) is 6.61 Å². The number of carbonyl (C=O) groups excluding carboxylic acids is 1. The van der Waals surface area contributed by atoms with E-state index in [0.29, 0.717) is 69.1 Å². The molecule has 0 atom stereocenters. The zero-order valence-corrected chi connectivity index (χ0v) is 21.9. The second-order valence-corrected chi connectivity index (χ2v) is 10.7. The number of halogens is 4. The second-order valence-electron chi connectivity index (χ2n) is 10.7. The average Bonchev–Trinajstić information content (AvgIpc) is 3.16. The first-order valence-corrected chi connectivity index (χ1v) is 13.4. The minimum atomic E-state index is -4.41. The van der Waals surface area contributed by atoms with E-state index in [2.05, 4.69) is 20.3 Å². The van der Waals surface area contributed by atoms with Crippen LogP contribution in [0.1, 0.15) is 53.7 Å². The fraction of sp³-hybridized carbons (Fsp3) is 0.536. The van der Waals surface area contributed by atoms with Crippen molar-refractivity contribution < 1.29 is 27.1 Å². The number of hydrogen-bond acceptors (Lipinski definition) is 5. The first-order chi connectivity index (χ1) is 18.6. The van der Waals surface area contributed by atoms with Gasteiger partial charge in [-0.2, -0.15) is 18.3 Å². The summed E-state index contributed by atoms with van der Waals surface area (Å²) in [7, 11) is 1.82. The smallest absolute Gasteiger partial charge is 0.422 e. The summed E-state index contributed by atoms with van der Waals surface area (Å²) in [6.07, 6.45) is 1.09. The van der Waals surface area contributed by atoms with Crippen LogP contribution in [0.3, 0.4) is 0 Å². The molecule has 1 aliphatic heterocycles.